The fourth-order valence-electron chi connectivity index (χ4n) is 3.11. The number of nitrogens with zero attached hydrogens (tertiary/aromatic N) is 2. The summed E-state index contributed by atoms with van der Waals surface area (Å²) in [7, 11) is 0. The fourth-order valence-corrected chi connectivity index (χ4v) is 3.11. The molecule has 7 heteroatoms. The van der Waals surface area contributed by atoms with Gasteiger partial charge in [0.25, 0.3) is 5.91 Å². The number of aromatic nitrogens is 1. The lowest BCUT2D eigenvalue weighted by molar-refractivity contribution is -0.132. The number of carbonyl (C=O) groups excluding carboxylic acids is 2. The number of imide groups is 1. The third-order valence-electron chi connectivity index (χ3n) is 4.41. The Hall–Kier alpha value is -2.70. The van der Waals surface area contributed by atoms with Crippen molar-refractivity contribution in [3.8, 4) is 0 Å². The van der Waals surface area contributed by atoms with Crippen LogP contribution in [0.1, 0.15) is 43.2 Å². The van der Waals surface area contributed by atoms with Gasteiger partial charge in [-0.3, -0.25) is 9.69 Å². The number of hydrogen-bond acceptors (Lipinski definition) is 4. The maximum atomic E-state index is 13.3. The second-order valence-electron chi connectivity index (χ2n) is 6.27. The van der Waals surface area contributed by atoms with E-state index < -0.39 is 11.6 Å². The zero-order valence-corrected chi connectivity index (χ0v) is 14.2. The molecule has 0 bridgehead atoms. The Morgan fingerprint density at radius 2 is 2.00 bits per heavy atom. The largest absolute Gasteiger partial charge is 0.361 e. The van der Waals surface area contributed by atoms with Gasteiger partial charge in [0.15, 0.2) is 0 Å². The Balaban J connectivity index is 1.94. The van der Waals surface area contributed by atoms with E-state index in [1.54, 1.807) is 25.1 Å². The summed E-state index contributed by atoms with van der Waals surface area (Å²) in [6.07, 6.45) is 2.07. The highest BCUT2D eigenvalue weighted by Crippen LogP contribution is 2.35. The van der Waals surface area contributed by atoms with Gasteiger partial charge >= 0.3 is 6.03 Å². The topological polar surface area (TPSA) is 75.4 Å². The SMILES string of the molecule is CCCC[C@]1(c2ccc(F)cc2)NC(=O)N(Cc2cc(C)on2)C1=O. The van der Waals surface area contributed by atoms with Crippen LogP contribution in [0.2, 0.25) is 0 Å². The molecule has 132 valence electrons. The lowest BCUT2D eigenvalue weighted by atomic mass is 9.84. The van der Waals surface area contributed by atoms with Crippen molar-refractivity contribution in [2.75, 3.05) is 0 Å². The molecule has 0 radical (unpaired) electrons. The molecule has 2 heterocycles. The van der Waals surface area contributed by atoms with Crippen LogP contribution in [0.5, 0.6) is 0 Å². The van der Waals surface area contributed by atoms with Crippen LogP contribution in [0, 0.1) is 12.7 Å². The molecular formula is C18H20FN3O3. The van der Waals surface area contributed by atoms with Crippen LogP contribution in [0.3, 0.4) is 0 Å². The van der Waals surface area contributed by atoms with Crippen molar-refractivity contribution in [2.45, 2.75) is 45.2 Å². The summed E-state index contributed by atoms with van der Waals surface area (Å²) in [4.78, 5) is 26.7. The van der Waals surface area contributed by atoms with Gasteiger partial charge < -0.3 is 9.84 Å². The lowest BCUT2D eigenvalue weighted by Crippen LogP contribution is -2.44. The van der Waals surface area contributed by atoms with Crippen LogP contribution >= 0.6 is 0 Å². The zero-order valence-electron chi connectivity index (χ0n) is 14.2. The smallest absolute Gasteiger partial charge is 0.325 e. The monoisotopic (exact) mass is 345 g/mol. The van der Waals surface area contributed by atoms with E-state index in [9.17, 15) is 14.0 Å². The second kappa shape index (κ2) is 6.66. The Morgan fingerprint density at radius 3 is 2.60 bits per heavy atom. The molecule has 1 aromatic heterocycles. The van der Waals surface area contributed by atoms with E-state index in [2.05, 4.69) is 10.5 Å². The van der Waals surface area contributed by atoms with Crippen LogP contribution in [0.4, 0.5) is 9.18 Å². The van der Waals surface area contributed by atoms with Crippen molar-refractivity contribution < 1.29 is 18.5 Å². The highest BCUT2D eigenvalue weighted by Gasteiger charge is 2.51. The molecule has 1 aliphatic rings. The molecule has 2 aromatic rings. The molecule has 1 N–H and O–H groups in total. The lowest BCUT2D eigenvalue weighted by Gasteiger charge is -2.27. The molecule has 1 aliphatic heterocycles. The minimum Gasteiger partial charge on any atom is -0.361 e. The van der Waals surface area contributed by atoms with E-state index in [0.29, 0.717) is 23.4 Å². The van der Waals surface area contributed by atoms with Gasteiger partial charge in [-0.1, -0.05) is 37.1 Å². The van der Waals surface area contributed by atoms with Crippen molar-refractivity contribution in [3.05, 3.63) is 53.2 Å². The van der Waals surface area contributed by atoms with Crippen LogP contribution in [-0.4, -0.2) is 22.0 Å². The number of urea groups is 1. The first-order valence-corrected chi connectivity index (χ1v) is 8.28. The molecule has 0 unspecified atom stereocenters. The predicted octanol–water partition coefficient (Wildman–Crippen LogP) is 3.26. The van der Waals surface area contributed by atoms with Crippen molar-refractivity contribution in [1.29, 1.82) is 0 Å². The quantitative estimate of drug-likeness (QED) is 0.816. The summed E-state index contributed by atoms with van der Waals surface area (Å²) < 4.78 is 18.3. The number of unbranched alkanes of at least 4 members (excludes halogenated alkanes) is 1. The number of nitrogens with one attached hydrogen (secondary N) is 1. The summed E-state index contributed by atoms with van der Waals surface area (Å²) >= 11 is 0. The van der Waals surface area contributed by atoms with Crippen molar-refractivity contribution >= 4 is 11.9 Å². The van der Waals surface area contributed by atoms with E-state index in [-0.39, 0.29) is 18.3 Å². The molecule has 1 atom stereocenters. The number of amides is 3. The Labute approximate surface area is 145 Å². The predicted molar refractivity (Wildman–Crippen MR) is 87.9 cm³/mol. The number of aryl methyl sites for hydroxylation is 1. The Bertz CT molecular complexity index is 787. The van der Waals surface area contributed by atoms with E-state index in [1.165, 1.54) is 12.1 Å². The fraction of sp³-hybridized carbons (Fsp3) is 0.389. The molecule has 6 nitrogen and oxygen atoms in total. The van der Waals surface area contributed by atoms with Gasteiger partial charge in [0.05, 0.1) is 6.54 Å². The Kier molecular flexibility index (Phi) is 4.57. The third-order valence-corrected chi connectivity index (χ3v) is 4.41. The van der Waals surface area contributed by atoms with Crippen LogP contribution in [-0.2, 0) is 16.9 Å². The van der Waals surface area contributed by atoms with Crippen LogP contribution < -0.4 is 5.32 Å². The summed E-state index contributed by atoms with van der Waals surface area (Å²) in [5.74, 6) is -0.128. The molecule has 0 saturated carbocycles. The third kappa shape index (κ3) is 3.14. The number of halogens is 1. The Morgan fingerprint density at radius 1 is 1.28 bits per heavy atom. The van der Waals surface area contributed by atoms with E-state index in [1.807, 2.05) is 6.92 Å². The first-order valence-electron chi connectivity index (χ1n) is 8.28. The van der Waals surface area contributed by atoms with Gasteiger partial charge in [0.1, 0.15) is 22.8 Å². The first-order chi connectivity index (χ1) is 12.0. The van der Waals surface area contributed by atoms with Gasteiger partial charge in [-0.25, -0.2) is 9.18 Å². The molecule has 1 fully saturated rings. The van der Waals surface area contributed by atoms with Gasteiger partial charge in [0.2, 0.25) is 0 Å². The number of hydrogen-bond donors (Lipinski definition) is 1. The normalized spacial score (nSPS) is 20.2. The molecule has 25 heavy (non-hydrogen) atoms. The van der Waals surface area contributed by atoms with E-state index in [0.717, 1.165) is 17.7 Å². The van der Waals surface area contributed by atoms with Gasteiger partial charge in [-0.15, -0.1) is 0 Å². The molecule has 1 aromatic carbocycles. The molecule has 3 rings (SSSR count). The first kappa shape index (κ1) is 17.1. The summed E-state index contributed by atoms with van der Waals surface area (Å²) in [6, 6.07) is 6.90. The molecular weight excluding hydrogens is 325 g/mol. The molecule has 0 spiro atoms. The molecule has 1 saturated heterocycles. The number of carbonyl (C=O) groups is 2. The number of benzene rings is 1. The van der Waals surface area contributed by atoms with Crippen LogP contribution in [0.15, 0.2) is 34.9 Å². The molecule has 3 amide bonds. The minimum atomic E-state index is -1.17. The van der Waals surface area contributed by atoms with Crippen molar-refractivity contribution in [3.63, 3.8) is 0 Å². The second-order valence-corrected chi connectivity index (χ2v) is 6.27. The van der Waals surface area contributed by atoms with Gasteiger partial charge in [-0.05, 0) is 31.0 Å². The van der Waals surface area contributed by atoms with Gasteiger partial charge in [-0.2, -0.15) is 0 Å². The average Bonchev–Trinajstić information content (AvgIpc) is 3.10. The highest BCUT2D eigenvalue weighted by atomic mass is 19.1. The highest BCUT2D eigenvalue weighted by molar-refractivity contribution is 6.07. The standard InChI is InChI=1S/C18H20FN3O3/c1-3-4-9-18(13-5-7-14(19)8-6-13)16(23)22(17(24)20-18)11-15-10-12(2)25-21-15/h5-8,10H,3-4,9,11H2,1-2H3,(H,20,24)/t18-/m1/s1. The molecule has 0 aliphatic carbocycles. The summed E-state index contributed by atoms with van der Waals surface area (Å²) in [5.41, 5.74) is -0.0783. The van der Waals surface area contributed by atoms with Gasteiger partial charge in [0, 0.05) is 6.07 Å². The zero-order chi connectivity index (χ0) is 18.0. The van der Waals surface area contributed by atoms with E-state index >= 15 is 0 Å². The van der Waals surface area contributed by atoms with Crippen LogP contribution in [0.25, 0.3) is 0 Å². The van der Waals surface area contributed by atoms with Crippen molar-refractivity contribution in [1.82, 2.24) is 15.4 Å². The number of rotatable bonds is 6. The minimum absolute atomic E-state index is 0.0388. The maximum absolute atomic E-state index is 13.3. The van der Waals surface area contributed by atoms with E-state index in [4.69, 9.17) is 4.52 Å². The van der Waals surface area contributed by atoms with Crippen molar-refractivity contribution in [2.24, 2.45) is 0 Å². The summed E-state index contributed by atoms with van der Waals surface area (Å²) in [6.45, 7) is 3.79. The summed E-state index contributed by atoms with van der Waals surface area (Å²) in [5, 5.41) is 6.67. The maximum Gasteiger partial charge on any atom is 0.325 e. The average molecular weight is 345 g/mol.